The van der Waals surface area contributed by atoms with Gasteiger partial charge in [-0.3, -0.25) is 4.79 Å². The Balaban J connectivity index is 2.74. The summed E-state index contributed by atoms with van der Waals surface area (Å²) in [5.74, 6) is 1.03. The average Bonchev–Trinajstić information content (AvgIpc) is 2.35. The van der Waals surface area contributed by atoms with E-state index in [4.69, 9.17) is 4.74 Å². The molecule has 4 nitrogen and oxygen atoms in total. The summed E-state index contributed by atoms with van der Waals surface area (Å²) in [6, 6.07) is 4.14. The van der Waals surface area contributed by atoms with Crippen LogP contribution in [0.25, 0.3) is 0 Å². The second-order valence-electron chi connectivity index (χ2n) is 4.79. The molecule has 1 aromatic carbocycles. The van der Waals surface area contributed by atoms with Crippen LogP contribution in [0.2, 0.25) is 0 Å². The molecule has 0 bridgehead atoms. The minimum Gasteiger partial charge on any atom is -0.496 e. The van der Waals surface area contributed by atoms with Crippen molar-refractivity contribution in [2.45, 2.75) is 27.3 Å². The molecule has 0 aromatic heterocycles. The number of hydrogen-bond donors (Lipinski definition) is 1. The summed E-state index contributed by atoms with van der Waals surface area (Å²) in [5, 5.41) is 3.04. The molecule has 1 amide bonds. The highest BCUT2D eigenvalue weighted by Gasteiger charge is 2.11. The Morgan fingerprint density at radius 1 is 1.32 bits per heavy atom. The van der Waals surface area contributed by atoms with Crippen molar-refractivity contribution in [3.05, 3.63) is 28.8 Å². The topological polar surface area (TPSA) is 41.6 Å². The zero-order valence-corrected chi connectivity index (χ0v) is 12.5. The number of rotatable bonds is 6. The van der Waals surface area contributed by atoms with Crippen molar-refractivity contribution in [2.75, 3.05) is 27.2 Å². The molecule has 0 radical (unpaired) electrons. The molecule has 0 aliphatic carbocycles. The average molecular weight is 264 g/mol. The molecule has 19 heavy (non-hydrogen) atoms. The fourth-order valence-corrected chi connectivity index (χ4v) is 2.18. The smallest absolute Gasteiger partial charge is 0.236 e. The van der Waals surface area contributed by atoms with E-state index < -0.39 is 0 Å². The van der Waals surface area contributed by atoms with Crippen LogP contribution in [-0.2, 0) is 11.3 Å². The summed E-state index contributed by atoms with van der Waals surface area (Å²) >= 11 is 0. The van der Waals surface area contributed by atoms with Gasteiger partial charge in [0, 0.05) is 13.6 Å². The molecule has 1 aromatic rings. The normalized spacial score (nSPS) is 10.4. The molecule has 1 N–H and O–H groups in total. The van der Waals surface area contributed by atoms with E-state index in [-0.39, 0.29) is 5.91 Å². The summed E-state index contributed by atoms with van der Waals surface area (Å²) in [7, 11) is 3.51. The summed E-state index contributed by atoms with van der Waals surface area (Å²) in [4.78, 5) is 13.6. The Kier molecular flexibility index (Phi) is 5.83. The Bertz CT molecular complexity index is 421. The summed E-state index contributed by atoms with van der Waals surface area (Å²) in [5.41, 5.74) is 3.33. The van der Waals surface area contributed by atoms with E-state index in [2.05, 4.69) is 17.4 Å². The van der Waals surface area contributed by atoms with Crippen molar-refractivity contribution in [1.82, 2.24) is 10.2 Å². The van der Waals surface area contributed by atoms with Gasteiger partial charge in [0.15, 0.2) is 0 Å². The Labute approximate surface area is 115 Å². The Morgan fingerprint density at radius 3 is 2.37 bits per heavy atom. The van der Waals surface area contributed by atoms with E-state index in [1.165, 1.54) is 0 Å². The number of methoxy groups -OCH3 is 1. The fraction of sp³-hybridized carbons (Fsp3) is 0.533. The van der Waals surface area contributed by atoms with Crippen molar-refractivity contribution in [3.8, 4) is 5.75 Å². The van der Waals surface area contributed by atoms with E-state index in [1.807, 2.05) is 27.8 Å². The van der Waals surface area contributed by atoms with Gasteiger partial charge in [-0.15, -0.1) is 0 Å². The van der Waals surface area contributed by atoms with Crippen LogP contribution in [0.5, 0.6) is 5.75 Å². The maximum absolute atomic E-state index is 11.8. The maximum Gasteiger partial charge on any atom is 0.236 e. The molecule has 0 unspecified atom stereocenters. The number of carbonyl (C=O) groups excluding carboxylic acids is 1. The molecule has 4 heteroatoms. The van der Waals surface area contributed by atoms with Gasteiger partial charge in [0.2, 0.25) is 5.91 Å². The second-order valence-corrected chi connectivity index (χ2v) is 4.79. The SMILES string of the molecule is CCNCC(=O)N(C)Cc1cc(C)c(OC)c(C)c1. The number of likely N-dealkylation sites (N-methyl/N-ethyl adjacent to an activating group) is 2. The predicted molar refractivity (Wildman–Crippen MR) is 77.5 cm³/mol. The second kappa shape index (κ2) is 7.14. The van der Waals surface area contributed by atoms with Gasteiger partial charge in [-0.05, 0) is 37.1 Å². The first-order chi connectivity index (χ1) is 8.99. The third-order valence-electron chi connectivity index (χ3n) is 3.10. The van der Waals surface area contributed by atoms with E-state index >= 15 is 0 Å². The minimum absolute atomic E-state index is 0.105. The minimum atomic E-state index is 0.105. The van der Waals surface area contributed by atoms with Crippen LogP contribution in [0, 0.1) is 13.8 Å². The van der Waals surface area contributed by atoms with Crippen LogP contribution in [-0.4, -0.2) is 38.1 Å². The van der Waals surface area contributed by atoms with Gasteiger partial charge in [0.05, 0.1) is 13.7 Å². The lowest BCUT2D eigenvalue weighted by atomic mass is 10.1. The quantitative estimate of drug-likeness (QED) is 0.853. The number of nitrogens with one attached hydrogen (secondary N) is 1. The standard InChI is InChI=1S/C15H24N2O2/c1-6-16-9-14(18)17(4)10-13-7-11(2)15(19-5)12(3)8-13/h7-8,16H,6,9-10H2,1-5H3. The summed E-state index contributed by atoms with van der Waals surface area (Å²) in [6.07, 6.45) is 0. The first kappa shape index (κ1) is 15.5. The van der Waals surface area contributed by atoms with Crippen molar-refractivity contribution < 1.29 is 9.53 Å². The van der Waals surface area contributed by atoms with E-state index in [0.717, 1.165) is 29.0 Å². The molecule has 0 aliphatic rings. The van der Waals surface area contributed by atoms with Crippen molar-refractivity contribution in [2.24, 2.45) is 0 Å². The molecule has 0 aliphatic heterocycles. The highest BCUT2D eigenvalue weighted by molar-refractivity contribution is 5.77. The zero-order valence-electron chi connectivity index (χ0n) is 12.5. The number of hydrogen-bond acceptors (Lipinski definition) is 3. The Hall–Kier alpha value is -1.55. The molecule has 0 heterocycles. The van der Waals surface area contributed by atoms with Gasteiger partial charge < -0.3 is 15.0 Å². The molecular weight excluding hydrogens is 240 g/mol. The van der Waals surface area contributed by atoms with Gasteiger partial charge >= 0.3 is 0 Å². The van der Waals surface area contributed by atoms with Gasteiger partial charge in [0.25, 0.3) is 0 Å². The fourth-order valence-electron chi connectivity index (χ4n) is 2.18. The van der Waals surface area contributed by atoms with Crippen LogP contribution >= 0.6 is 0 Å². The van der Waals surface area contributed by atoms with E-state index in [9.17, 15) is 4.79 Å². The van der Waals surface area contributed by atoms with Gasteiger partial charge in [-0.2, -0.15) is 0 Å². The van der Waals surface area contributed by atoms with Gasteiger partial charge in [0.1, 0.15) is 5.75 Å². The van der Waals surface area contributed by atoms with Crippen LogP contribution in [0.4, 0.5) is 0 Å². The highest BCUT2D eigenvalue weighted by Crippen LogP contribution is 2.24. The third-order valence-corrected chi connectivity index (χ3v) is 3.10. The molecule has 0 spiro atoms. The molecule has 0 atom stereocenters. The lowest BCUT2D eigenvalue weighted by molar-refractivity contribution is -0.129. The highest BCUT2D eigenvalue weighted by atomic mass is 16.5. The van der Waals surface area contributed by atoms with Crippen molar-refractivity contribution >= 4 is 5.91 Å². The molecule has 0 saturated heterocycles. The van der Waals surface area contributed by atoms with Gasteiger partial charge in [-0.25, -0.2) is 0 Å². The number of nitrogens with zero attached hydrogens (tertiary/aromatic N) is 1. The van der Waals surface area contributed by atoms with Crippen LogP contribution < -0.4 is 10.1 Å². The molecular formula is C15H24N2O2. The molecule has 1 rings (SSSR count). The first-order valence-electron chi connectivity index (χ1n) is 6.58. The first-order valence-corrected chi connectivity index (χ1v) is 6.58. The molecule has 0 fully saturated rings. The molecule has 0 saturated carbocycles. The molecule has 106 valence electrons. The number of ether oxygens (including phenoxy) is 1. The van der Waals surface area contributed by atoms with Crippen molar-refractivity contribution in [1.29, 1.82) is 0 Å². The van der Waals surface area contributed by atoms with E-state index in [0.29, 0.717) is 13.1 Å². The van der Waals surface area contributed by atoms with Crippen LogP contribution in [0.1, 0.15) is 23.6 Å². The van der Waals surface area contributed by atoms with Gasteiger partial charge in [-0.1, -0.05) is 19.1 Å². The van der Waals surface area contributed by atoms with Crippen LogP contribution in [0.3, 0.4) is 0 Å². The summed E-state index contributed by atoms with van der Waals surface area (Å²) < 4.78 is 5.35. The largest absolute Gasteiger partial charge is 0.496 e. The lowest BCUT2D eigenvalue weighted by Gasteiger charge is -2.19. The van der Waals surface area contributed by atoms with Crippen LogP contribution in [0.15, 0.2) is 12.1 Å². The monoisotopic (exact) mass is 264 g/mol. The number of amides is 1. The number of carbonyl (C=O) groups is 1. The number of benzene rings is 1. The maximum atomic E-state index is 11.8. The predicted octanol–water partition coefficient (Wildman–Crippen LogP) is 1.88. The van der Waals surface area contributed by atoms with Crippen molar-refractivity contribution in [3.63, 3.8) is 0 Å². The van der Waals surface area contributed by atoms with E-state index in [1.54, 1.807) is 12.0 Å². The third kappa shape index (κ3) is 4.24. The summed E-state index contributed by atoms with van der Waals surface area (Å²) in [6.45, 7) is 7.85. The zero-order chi connectivity index (χ0) is 14.4. The number of aryl methyl sites for hydroxylation is 2. The lowest BCUT2D eigenvalue weighted by Crippen LogP contribution is -2.35. The Morgan fingerprint density at radius 2 is 1.89 bits per heavy atom.